The molecule has 8 heteroatoms. The summed E-state index contributed by atoms with van der Waals surface area (Å²) in [4.78, 5) is 0. The molecule has 0 amide bonds. The van der Waals surface area contributed by atoms with Crippen molar-refractivity contribution in [2.45, 2.75) is 26.6 Å². The van der Waals surface area contributed by atoms with Crippen molar-refractivity contribution in [3.8, 4) is 23.0 Å². The van der Waals surface area contributed by atoms with E-state index in [2.05, 4.69) is 5.32 Å². The smallest absolute Gasteiger partial charge is 0.231 e. The zero-order valence-corrected chi connectivity index (χ0v) is 19.7. The Morgan fingerprint density at radius 1 is 0.844 bits per heavy atom. The highest BCUT2D eigenvalue weighted by molar-refractivity contribution is 6.36. The summed E-state index contributed by atoms with van der Waals surface area (Å²) in [6.45, 7) is 4.11. The quantitative estimate of drug-likeness (QED) is 0.361. The van der Waals surface area contributed by atoms with E-state index in [1.807, 2.05) is 37.3 Å². The summed E-state index contributed by atoms with van der Waals surface area (Å²) in [5, 5.41) is 4.94. The molecule has 0 atom stereocenters. The Kier molecular flexibility index (Phi) is 7.53. The Balaban J connectivity index is 1.43. The fourth-order valence-electron chi connectivity index (χ4n) is 3.34. The van der Waals surface area contributed by atoms with Crippen LogP contribution < -0.4 is 24.3 Å². The van der Waals surface area contributed by atoms with Gasteiger partial charge >= 0.3 is 0 Å². The third-order valence-corrected chi connectivity index (χ3v) is 5.88. The minimum Gasteiger partial charge on any atom is -0.490 e. The average Bonchev–Trinajstić information content (AvgIpc) is 3.23. The number of benzene rings is 3. The van der Waals surface area contributed by atoms with Crippen molar-refractivity contribution in [1.82, 2.24) is 5.32 Å². The number of ether oxygens (including phenoxy) is 4. The summed E-state index contributed by atoms with van der Waals surface area (Å²) in [7, 11) is 0. The van der Waals surface area contributed by atoms with E-state index in [1.165, 1.54) is 0 Å². The molecule has 5 nitrogen and oxygen atoms in total. The molecule has 3 aromatic carbocycles. The highest BCUT2D eigenvalue weighted by Crippen LogP contribution is 2.38. The van der Waals surface area contributed by atoms with E-state index in [0.717, 1.165) is 22.6 Å². The van der Waals surface area contributed by atoms with Crippen molar-refractivity contribution in [3.05, 3.63) is 80.3 Å². The van der Waals surface area contributed by atoms with Gasteiger partial charge in [0.25, 0.3) is 0 Å². The number of hydrogen-bond donors (Lipinski definition) is 1. The van der Waals surface area contributed by atoms with Gasteiger partial charge in [0.15, 0.2) is 23.0 Å². The molecule has 0 aliphatic carbocycles. The minimum absolute atomic E-state index is 0.181. The van der Waals surface area contributed by atoms with Gasteiger partial charge in [0, 0.05) is 28.7 Å². The van der Waals surface area contributed by atoms with Crippen molar-refractivity contribution in [2.75, 3.05) is 13.4 Å². The van der Waals surface area contributed by atoms with Gasteiger partial charge in [-0.05, 0) is 54.4 Å². The Hall–Kier alpha value is -2.31. The second-order valence-corrected chi connectivity index (χ2v) is 8.34. The molecule has 1 heterocycles. The van der Waals surface area contributed by atoms with Gasteiger partial charge in [0.2, 0.25) is 6.79 Å². The summed E-state index contributed by atoms with van der Waals surface area (Å²) >= 11 is 19.0. The Bertz CT molecular complexity index is 1090. The molecule has 1 N–H and O–H groups in total. The molecular formula is C24H22Cl3NO4. The molecule has 0 unspecified atom stereocenters. The number of halogens is 3. The number of nitrogens with one attached hydrogen (secondary N) is 1. The van der Waals surface area contributed by atoms with Crippen molar-refractivity contribution in [3.63, 3.8) is 0 Å². The summed E-state index contributed by atoms with van der Waals surface area (Å²) in [6.07, 6.45) is 0. The standard InChI is InChI=1S/C24H22Cl3NO4/c1-2-29-23-10-16(12-28-11-15-6-7-21-22(9-15)32-14-31-21)8-20(27)24(23)30-13-17-18(25)4-3-5-19(17)26/h3-10,28H,2,11-14H2,1H3. The molecule has 0 aromatic heterocycles. The maximum atomic E-state index is 6.55. The second-order valence-electron chi connectivity index (χ2n) is 7.12. The summed E-state index contributed by atoms with van der Waals surface area (Å²) < 4.78 is 22.5. The van der Waals surface area contributed by atoms with Gasteiger partial charge in [-0.25, -0.2) is 0 Å². The molecule has 0 spiro atoms. The van der Waals surface area contributed by atoms with E-state index < -0.39 is 0 Å². The first-order valence-electron chi connectivity index (χ1n) is 10.1. The van der Waals surface area contributed by atoms with Crippen LogP contribution in [0.1, 0.15) is 23.6 Å². The van der Waals surface area contributed by atoms with Crippen molar-refractivity contribution in [1.29, 1.82) is 0 Å². The lowest BCUT2D eigenvalue weighted by molar-refractivity contribution is 0.174. The first-order chi connectivity index (χ1) is 15.5. The van der Waals surface area contributed by atoms with Crippen molar-refractivity contribution in [2.24, 2.45) is 0 Å². The minimum atomic E-state index is 0.181. The Labute approximate surface area is 202 Å². The van der Waals surface area contributed by atoms with Gasteiger partial charge in [-0.1, -0.05) is 46.9 Å². The lowest BCUT2D eigenvalue weighted by Gasteiger charge is -2.16. The lowest BCUT2D eigenvalue weighted by Crippen LogP contribution is -2.13. The highest BCUT2D eigenvalue weighted by Gasteiger charge is 2.16. The molecule has 1 aliphatic heterocycles. The SMILES string of the molecule is CCOc1cc(CNCc2ccc3c(c2)OCO3)cc(Cl)c1OCc1c(Cl)cccc1Cl. The van der Waals surface area contributed by atoms with Crippen LogP contribution in [0.5, 0.6) is 23.0 Å². The zero-order valence-electron chi connectivity index (χ0n) is 17.4. The van der Waals surface area contributed by atoms with E-state index in [9.17, 15) is 0 Å². The molecule has 0 saturated heterocycles. The third kappa shape index (κ3) is 5.36. The van der Waals surface area contributed by atoms with Crippen LogP contribution in [0.4, 0.5) is 0 Å². The van der Waals surface area contributed by atoms with Crippen LogP contribution in [0.15, 0.2) is 48.5 Å². The zero-order chi connectivity index (χ0) is 22.5. The summed E-state index contributed by atoms with van der Waals surface area (Å²) in [6, 6.07) is 15.0. The molecule has 1 aliphatic rings. The van der Waals surface area contributed by atoms with Gasteiger partial charge < -0.3 is 24.3 Å². The van der Waals surface area contributed by atoms with E-state index >= 15 is 0 Å². The van der Waals surface area contributed by atoms with Gasteiger partial charge in [0.05, 0.1) is 11.6 Å². The lowest BCUT2D eigenvalue weighted by atomic mass is 10.1. The first-order valence-corrected chi connectivity index (χ1v) is 11.3. The number of hydrogen-bond acceptors (Lipinski definition) is 5. The second kappa shape index (κ2) is 10.5. The molecule has 0 fully saturated rings. The van der Waals surface area contributed by atoms with Gasteiger partial charge in [-0.2, -0.15) is 0 Å². The molecule has 32 heavy (non-hydrogen) atoms. The van der Waals surface area contributed by atoms with Crippen LogP contribution in [0.3, 0.4) is 0 Å². The molecule has 3 aromatic rings. The maximum Gasteiger partial charge on any atom is 0.231 e. The first kappa shape index (κ1) is 22.9. The normalized spacial score (nSPS) is 12.1. The average molecular weight is 495 g/mol. The monoisotopic (exact) mass is 493 g/mol. The van der Waals surface area contributed by atoms with Gasteiger partial charge in [0.1, 0.15) is 6.61 Å². The van der Waals surface area contributed by atoms with E-state index in [1.54, 1.807) is 18.2 Å². The van der Waals surface area contributed by atoms with Crippen LogP contribution >= 0.6 is 34.8 Å². The highest BCUT2D eigenvalue weighted by atomic mass is 35.5. The largest absolute Gasteiger partial charge is 0.490 e. The molecular weight excluding hydrogens is 473 g/mol. The Morgan fingerprint density at radius 3 is 2.38 bits per heavy atom. The van der Waals surface area contributed by atoms with Crippen LogP contribution in [0, 0.1) is 0 Å². The summed E-state index contributed by atoms with van der Waals surface area (Å²) in [5.74, 6) is 2.58. The number of fused-ring (bicyclic) bond motifs is 1. The maximum absolute atomic E-state index is 6.55. The van der Waals surface area contributed by atoms with Gasteiger partial charge in [-0.3, -0.25) is 0 Å². The molecule has 0 radical (unpaired) electrons. The van der Waals surface area contributed by atoms with Crippen LogP contribution in [-0.4, -0.2) is 13.4 Å². The van der Waals surface area contributed by atoms with E-state index in [-0.39, 0.29) is 13.4 Å². The molecule has 0 saturated carbocycles. The third-order valence-electron chi connectivity index (χ3n) is 4.89. The van der Waals surface area contributed by atoms with Crippen LogP contribution in [-0.2, 0) is 19.7 Å². The van der Waals surface area contributed by atoms with Crippen molar-refractivity contribution < 1.29 is 18.9 Å². The summed E-state index contributed by atoms with van der Waals surface area (Å²) in [5.41, 5.74) is 2.77. The van der Waals surface area contributed by atoms with Gasteiger partial charge in [-0.15, -0.1) is 0 Å². The van der Waals surface area contributed by atoms with E-state index in [4.69, 9.17) is 53.8 Å². The molecule has 4 rings (SSSR count). The van der Waals surface area contributed by atoms with E-state index in [0.29, 0.717) is 51.8 Å². The number of rotatable bonds is 9. The van der Waals surface area contributed by atoms with Crippen molar-refractivity contribution >= 4 is 34.8 Å². The van der Waals surface area contributed by atoms with Crippen LogP contribution in [0.25, 0.3) is 0 Å². The predicted octanol–water partition coefficient (Wildman–Crippen LogP) is 6.64. The van der Waals surface area contributed by atoms with Crippen LogP contribution in [0.2, 0.25) is 15.1 Å². The fraction of sp³-hybridized carbons (Fsp3) is 0.250. The predicted molar refractivity (Wildman–Crippen MR) is 127 cm³/mol. The molecule has 0 bridgehead atoms. The Morgan fingerprint density at radius 2 is 1.59 bits per heavy atom. The topological polar surface area (TPSA) is 49.0 Å². The molecule has 168 valence electrons. The fourth-order valence-corrected chi connectivity index (χ4v) is 4.14.